The lowest BCUT2D eigenvalue weighted by molar-refractivity contribution is -0.155. The van der Waals surface area contributed by atoms with Crippen molar-refractivity contribution in [2.75, 3.05) is 6.61 Å². The Morgan fingerprint density at radius 1 is 1.35 bits per heavy atom. The summed E-state index contributed by atoms with van der Waals surface area (Å²) in [6.07, 6.45) is 2.64. The molecule has 4 unspecified atom stereocenters. The van der Waals surface area contributed by atoms with E-state index in [9.17, 15) is 4.79 Å². The van der Waals surface area contributed by atoms with Crippen molar-refractivity contribution < 1.29 is 14.6 Å². The van der Waals surface area contributed by atoms with Gasteiger partial charge in [0.15, 0.2) is 0 Å². The van der Waals surface area contributed by atoms with Gasteiger partial charge in [0, 0.05) is 0 Å². The van der Waals surface area contributed by atoms with E-state index in [4.69, 9.17) is 9.84 Å². The number of hydrogen-bond donors (Lipinski definition) is 1. The summed E-state index contributed by atoms with van der Waals surface area (Å²) in [7, 11) is 0. The lowest BCUT2D eigenvalue weighted by Crippen LogP contribution is -2.33. The fraction of sp³-hybridized carbons (Fsp3) is 0.929. The monoisotopic (exact) mass is 242 g/mol. The van der Waals surface area contributed by atoms with E-state index in [1.165, 1.54) is 19.8 Å². The summed E-state index contributed by atoms with van der Waals surface area (Å²) in [5, 5.41) is 9.10. The van der Waals surface area contributed by atoms with Crippen LogP contribution < -0.4 is 0 Å². The van der Waals surface area contributed by atoms with Gasteiger partial charge in [0.1, 0.15) is 6.10 Å². The molecule has 3 nitrogen and oxygen atoms in total. The molecule has 1 fully saturated rings. The van der Waals surface area contributed by atoms with Gasteiger partial charge in [-0.2, -0.15) is 0 Å². The van der Waals surface area contributed by atoms with E-state index < -0.39 is 12.1 Å². The molecule has 17 heavy (non-hydrogen) atoms. The number of rotatable bonds is 4. The summed E-state index contributed by atoms with van der Waals surface area (Å²) in [6, 6.07) is 0. The van der Waals surface area contributed by atoms with Crippen molar-refractivity contribution in [1.29, 1.82) is 0 Å². The van der Waals surface area contributed by atoms with Crippen LogP contribution in [0.25, 0.3) is 0 Å². The first-order chi connectivity index (χ1) is 7.91. The van der Waals surface area contributed by atoms with E-state index >= 15 is 0 Å². The van der Waals surface area contributed by atoms with Crippen LogP contribution in [-0.4, -0.2) is 23.8 Å². The maximum atomic E-state index is 11.3. The van der Waals surface area contributed by atoms with Crippen molar-refractivity contribution in [2.24, 2.45) is 23.7 Å². The van der Waals surface area contributed by atoms with Crippen LogP contribution in [0.1, 0.15) is 47.0 Å². The first-order valence-corrected chi connectivity index (χ1v) is 6.76. The Balaban J connectivity index is 2.49. The maximum absolute atomic E-state index is 11.3. The number of esters is 1. The van der Waals surface area contributed by atoms with Gasteiger partial charge >= 0.3 is 5.97 Å². The number of ether oxygens (including phenoxy) is 1. The molecule has 1 aliphatic rings. The molecule has 0 aromatic heterocycles. The Kier molecular flexibility index (Phi) is 5.44. The molecule has 0 radical (unpaired) electrons. The molecule has 1 rings (SSSR count). The summed E-state index contributed by atoms with van der Waals surface area (Å²) < 4.78 is 5.18. The van der Waals surface area contributed by atoms with E-state index in [1.807, 2.05) is 0 Å². The average Bonchev–Trinajstić information content (AvgIpc) is 2.25. The number of carbonyl (C=O) groups is 1. The molecule has 4 atom stereocenters. The summed E-state index contributed by atoms with van der Waals surface area (Å²) >= 11 is 0. The van der Waals surface area contributed by atoms with E-state index in [0.29, 0.717) is 24.4 Å². The molecular formula is C14H26O3. The molecule has 1 aliphatic carbocycles. The highest BCUT2D eigenvalue weighted by molar-refractivity contribution is 5.73. The molecule has 3 heteroatoms. The zero-order chi connectivity index (χ0) is 13.0. The van der Waals surface area contributed by atoms with Gasteiger partial charge in [0.25, 0.3) is 0 Å². The molecule has 1 N–H and O–H groups in total. The van der Waals surface area contributed by atoms with Crippen molar-refractivity contribution in [3.63, 3.8) is 0 Å². The van der Waals surface area contributed by atoms with E-state index in [-0.39, 0.29) is 0 Å². The van der Waals surface area contributed by atoms with Crippen molar-refractivity contribution in [3.05, 3.63) is 0 Å². The van der Waals surface area contributed by atoms with E-state index in [2.05, 4.69) is 20.8 Å². The molecular weight excluding hydrogens is 216 g/mol. The Hall–Kier alpha value is -0.570. The molecule has 0 amide bonds. The Bertz CT molecular complexity index is 248. The van der Waals surface area contributed by atoms with Gasteiger partial charge in [0.2, 0.25) is 0 Å². The molecule has 0 aliphatic heterocycles. The lowest BCUT2D eigenvalue weighted by Gasteiger charge is -2.37. The van der Waals surface area contributed by atoms with E-state index in [1.54, 1.807) is 0 Å². The molecule has 0 heterocycles. The fourth-order valence-electron chi connectivity index (χ4n) is 2.90. The van der Waals surface area contributed by atoms with Gasteiger partial charge in [-0.05, 0) is 43.4 Å². The second-order valence-corrected chi connectivity index (χ2v) is 5.89. The average molecular weight is 242 g/mol. The molecule has 1 saturated carbocycles. The van der Waals surface area contributed by atoms with Gasteiger partial charge in [-0.25, -0.2) is 4.79 Å². The van der Waals surface area contributed by atoms with Crippen molar-refractivity contribution in [2.45, 2.75) is 53.1 Å². The highest BCUT2D eigenvalue weighted by Crippen LogP contribution is 2.38. The van der Waals surface area contributed by atoms with Crippen LogP contribution in [0.3, 0.4) is 0 Å². The second kappa shape index (κ2) is 6.39. The predicted octanol–water partition coefficient (Wildman–Crippen LogP) is 2.62. The minimum Gasteiger partial charge on any atom is -0.463 e. The molecule has 0 aromatic carbocycles. The molecule has 0 bridgehead atoms. The van der Waals surface area contributed by atoms with Crippen molar-refractivity contribution in [1.82, 2.24) is 0 Å². The highest BCUT2D eigenvalue weighted by Gasteiger charge is 2.31. The van der Waals surface area contributed by atoms with Gasteiger partial charge in [-0.1, -0.05) is 27.2 Å². The zero-order valence-corrected chi connectivity index (χ0v) is 11.5. The highest BCUT2D eigenvalue weighted by atomic mass is 16.5. The maximum Gasteiger partial charge on any atom is 0.334 e. The number of aliphatic hydroxyl groups is 1. The van der Waals surface area contributed by atoms with Crippen LogP contribution in [0.15, 0.2) is 0 Å². The smallest absolute Gasteiger partial charge is 0.334 e. The molecule has 0 spiro atoms. The van der Waals surface area contributed by atoms with Crippen LogP contribution in [0.2, 0.25) is 0 Å². The summed E-state index contributed by atoms with van der Waals surface area (Å²) in [5.74, 6) is 1.97. The topological polar surface area (TPSA) is 46.5 Å². The molecule has 0 aromatic rings. The quantitative estimate of drug-likeness (QED) is 0.771. The second-order valence-electron chi connectivity index (χ2n) is 5.89. The number of carbonyl (C=O) groups excluding carboxylic acids is 1. The van der Waals surface area contributed by atoms with Gasteiger partial charge in [-0.15, -0.1) is 0 Å². The Morgan fingerprint density at radius 3 is 2.53 bits per heavy atom. The Morgan fingerprint density at radius 2 is 2.00 bits per heavy atom. The Labute approximate surface area is 105 Å². The van der Waals surface area contributed by atoms with Gasteiger partial charge in [0.05, 0.1) is 6.61 Å². The first-order valence-electron chi connectivity index (χ1n) is 6.76. The third-order valence-electron chi connectivity index (χ3n) is 3.94. The third kappa shape index (κ3) is 4.30. The molecule has 100 valence electrons. The normalized spacial score (nSPS) is 31.3. The van der Waals surface area contributed by atoms with Crippen LogP contribution in [0.5, 0.6) is 0 Å². The first kappa shape index (κ1) is 14.5. The fourth-order valence-corrected chi connectivity index (χ4v) is 2.90. The largest absolute Gasteiger partial charge is 0.463 e. The van der Waals surface area contributed by atoms with E-state index in [0.717, 1.165) is 12.3 Å². The summed E-state index contributed by atoms with van der Waals surface area (Å²) in [6.45, 7) is 8.66. The van der Waals surface area contributed by atoms with Crippen molar-refractivity contribution in [3.8, 4) is 0 Å². The predicted molar refractivity (Wildman–Crippen MR) is 67.5 cm³/mol. The zero-order valence-electron chi connectivity index (χ0n) is 11.5. The minimum atomic E-state index is -1.01. The third-order valence-corrected chi connectivity index (χ3v) is 3.94. The van der Waals surface area contributed by atoms with Crippen LogP contribution in [0, 0.1) is 23.7 Å². The SMILES string of the molecule is CC1CCC(C(C)C)C(COC(=O)C(C)O)C1. The minimum absolute atomic E-state index is 0.460. The standard InChI is InChI=1S/C14H26O3/c1-9(2)13-6-5-10(3)7-12(13)8-17-14(16)11(4)15/h9-13,15H,5-8H2,1-4H3. The van der Waals surface area contributed by atoms with Crippen molar-refractivity contribution >= 4 is 5.97 Å². The molecule has 0 saturated heterocycles. The lowest BCUT2D eigenvalue weighted by atomic mass is 9.70. The summed E-state index contributed by atoms with van der Waals surface area (Å²) in [5.41, 5.74) is 0. The number of aliphatic hydroxyl groups excluding tert-OH is 1. The summed E-state index contributed by atoms with van der Waals surface area (Å²) in [4.78, 5) is 11.3. The van der Waals surface area contributed by atoms with Gasteiger partial charge in [-0.3, -0.25) is 0 Å². The van der Waals surface area contributed by atoms with Gasteiger partial charge < -0.3 is 9.84 Å². The van der Waals surface area contributed by atoms with Crippen LogP contribution in [-0.2, 0) is 9.53 Å². The number of hydrogen-bond acceptors (Lipinski definition) is 3. The van der Waals surface area contributed by atoms with Crippen LogP contribution >= 0.6 is 0 Å². The van der Waals surface area contributed by atoms with Crippen LogP contribution in [0.4, 0.5) is 0 Å².